The fraction of sp³-hybridized carbons (Fsp3) is 0.269. The van der Waals surface area contributed by atoms with Crippen molar-refractivity contribution in [3.05, 3.63) is 70.1 Å². The molecule has 8 heteroatoms. The minimum atomic E-state index is -0.425. The van der Waals surface area contributed by atoms with Crippen LogP contribution < -0.4 is 5.32 Å². The lowest BCUT2D eigenvalue weighted by Gasteiger charge is -2.30. The first-order chi connectivity index (χ1) is 16.4. The number of hydrogen-bond acceptors (Lipinski definition) is 7. The molecule has 2 aromatic carbocycles. The molecule has 2 aromatic heterocycles. The van der Waals surface area contributed by atoms with E-state index < -0.39 is 5.97 Å². The van der Waals surface area contributed by atoms with Crippen molar-refractivity contribution < 1.29 is 14.3 Å². The number of amides is 1. The van der Waals surface area contributed by atoms with Gasteiger partial charge in [-0.15, -0.1) is 22.7 Å². The molecule has 34 heavy (non-hydrogen) atoms. The van der Waals surface area contributed by atoms with Gasteiger partial charge in [0, 0.05) is 35.1 Å². The first-order valence-corrected chi connectivity index (χ1v) is 12.8. The Hall–Kier alpha value is -3.07. The van der Waals surface area contributed by atoms with Gasteiger partial charge in [-0.25, -0.2) is 9.78 Å². The van der Waals surface area contributed by atoms with E-state index in [1.165, 1.54) is 17.6 Å². The molecular formula is C26H25N3O3S2. The first-order valence-electron chi connectivity index (χ1n) is 11.2. The number of hydrogen-bond donors (Lipinski definition) is 1. The molecule has 5 rings (SSSR count). The van der Waals surface area contributed by atoms with Crippen molar-refractivity contribution >= 4 is 49.8 Å². The molecule has 1 aliphatic rings. The van der Waals surface area contributed by atoms with Crippen LogP contribution in [-0.2, 0) is 17.7 Å². The molecule has 174 valence electrons. The predicted octanol–water partition coefficient (Wildman–Crippen LogP) is 5.83. The normalized spacial score (nSPS) is 13.8. The molecule has 0 radical (unpaired) electrons. The van der Waals surface area contributed by atoms with Crippen LogP contribution in [0.25, 0.3) is 20.8 Å². The van der Waals surface area contributed by atoms with Crippen molar-refractivity contribution in [1.82, 2.24) is 9.88 Å². The average Bonchev–Trinajstić information content (AvgIpc) is 3.43. The van der Waals surface area contributed by atoms with Crippen LogP contribution in [-0.4, -0.2) is 41.5 Å². The van der Waals surface area contributed by atoms with E-state index in [2.05, 4.69) is 30.1 Å². The van der Waals surface area contributed by atoms with Gasteiger partial charge in [-0.2, -0.15) is 0 Å². The van der Waals surface area contributed by atoms with Gasteiger partial charge in [0.25, 0.3) is 5.91 Å². The lowest BCUT2D eigenvalue weighted by molar-refractivity contribution is 0.0600. The minimum Gasteiger partial charge on any atom is -0.465 e. The smallest absolute Gasteiger partial charge is 0.337 e. The number of methoxy groups -OCH3 is 1. The lowest BCUT2D eigenvalue weighted by atomic mass is 10.0. The molecule has 0 saturated carbocycles. The molecule has 6 nitrogen and oxygen atoms in total. The minimum absolute atomic E-state index is 0.210. The number of fused-ring (bicyclic) bond motifs is 2. The summed E-state index contributed by atoms with van der Waals surface area (Å²) in [7, 11) is 1.34. The third kappa shape index (κ3) is 4.24. The van der Waals surface area contributed by atoms with E-state index in [9.17, 15) is 9.59 Å². The second-order valence-corrected chi connectivity index (χ2v) is 10.7. The number of carbonyl (C=O) groups excluding carboxylic acids is 2. The quantitative estimate of drug-likeness (QED) is 0.356. The number of esters is 1. The molecule has 0 aliphatic carbocycles. The zero-order valence-electron chi connectivity index (χ0n) is 19.3. The highest BCUT2D eigenvalue weighted by Gasteiger charge is 2.28. The molecule has 0 spiro atoms. The molecule has 3 heterocycles. The summed E-state index contributed by atoms with van der Waals surface area (Å²) in [5.74, 6) is -0.635. The summed E-state index contributed by atoms with van der Waals surface area (Å²) in [5.41, 5.74) is 4.20. The van der Waals surface area contributed by atoms with E-state index in [4.69, 9.17) is 9.72 Å². The molecule has 0 atom stereocenters. The zero-order chi connectivity index (χ0) is 23.8. The van der Waals surface area contributed by atoms with E-state index in [0.29, 0.717) is 17.2 Å². The van der Waals surface area contributed by atoms with Crippen molar-refractivity contribution in [2.75, 3.05) is 19.0 Å². The zero-order valence-corrected chi connectivity index (χ0v) is 20.9. The van der Waals surface area contributed by atoms with Crippen LogP contribution in [0.4, 0.5) is 5.00 Å². The molecule has 0 bridgehead atoms. The number of thiophene rings is 1. The molecule has 1 aliphatic heterocycles. The van der Waals surface area contributed by atoms with E-state index in [1.807, 2.05) is 18.2 Å². The van der Waals surface area contributed by atoms with Gasteiger partial charge in [0.1, 0.15) is 10.0 Å². The maximum absolute atomic E-state index is 13.2. The second-order valence-electron chi connectivity index (χ2n) is 8.53. The summed E-state index contributed by atoms with van der Waals surface area (Å²) in [4.78, 5) is 33.5. The van der Waals surface area contributed by atoms with Gasteiger partial charge in [-0.05, 0) is 62.2 Å². The maximum atomic E-state index is 13.2. The van der Waals surface area contributed by atoms with Crippen LogP contribution in [0.2, 0.25) is 0 Å². The van der Waals surface area contributed by atoms with Crippen molar-refractivity contribution in [3.63, 3.8) is 0 Å². The van der Waals surface area contributed by atoms with Gasteiger partial charge in [-0.3, -0.25) is 9.69 Å². The lowest BCUT2D eigenvalue weighted by Crippen LogP contribution is -2.35. The Morgan fingerprint density at radius 3 is 2.50 bits per heavy atom. The Morgan fingerprint density at radius 1 is 1.06 bits per heavy atom. The number of nitrogens with zero attached hydrogens (tertiary/aromatic N) is 2. The Kier molecular flexibility index (Phi) is 6.20. The van der Waals surface area contributed by atoms with Crippen molar-refractivity contribution in [3.8, 4) is 10.6 Å². The van der Waals surface area contributed by atoms with Crippen molar-refractivity contribution in [2.24, 2.45) is 0 Å². The van der Waals surface area contributed by atoms with Crippen LogP contribution in [0.3, 0.4) is 0 Å². The molecular weight excluding hydrogens is 466 g/mol. The highest BCUT2D eigenvalue weighted by atomic mass is 32.1. The highest BCUT2D eigenvalue weighted by Crippen LogP contribution is 2.46. The summed E-state index contributed by atoms with van der Waals surface area (Å²) >= 11 is 3.30. The van der Waals surface area contributed by atoms with Crippen LogP contribution in [0.1, 0.15) is 45.0 Å². The van der Waals surface area contributed by atoms with Gasteiger partial charge in [-0.1, -0.05) is 12.1 Å². The van der Waals surface area contributed by atoms with Crippen LogP contribution >= 0.6 is 22.7 Å². The van der Waals surface area contributed by atoms with Gasteiger partial charge in [0.15, 0.2) is 0 Å². The van der Waals surface area contributed by atoms with Crippen LogP contribution in [0.5, 0.6) is 0 Å². The number of carbonyl (C=O) groups is 2. The molecule has 0 saturated heterocycles. The summed E-state index contributed by atoms with van der Waals surface area (Å²) in [5, 5.41) is 4.91. The Bertz CT molecular complexity index is 1340. The molecule has 1 amide bonds. The number of ether oxygens (including phenoxy) is 1. The summed E-state index contributed by atoms with van der Waals surface area (Å²) in [6.07, 6.45) is 0.930. The molecule has 0 fully saturated rings. The van der Waals surface area contributed by atoms with E-state index in [0.717, 1.165) is 45.3 Å². The fourth-order valence-corrected chi connectivity index (χ4v) is 6.59. The number of anilines is 1. The first kappa shape index (κ1) is 22.7. The summed E-state index contributed by atoms with van der Waals surface area (Å²) < 4.78 is 5.88. The molecule has 0 unspecified atom stereocenters. The molecule has 1 N–H and O–H groups in total. The van der Waals surface area contributed by atoms with Gasteiger partial charge in [0.2, 0.25) is 0 Å². The average molecular weight is 492 g/mol. The third-order valence-corrected chi connectivity index (χ3v) is 8.31. The Balaban J connectivity index is 1.52. The van der Waals surface area contributed by atoms with Crippen LogP contribution in [0, 0.1) is 0 Å². The number of para-hydroxylation sites is 1. The number of nitrogens with one attached hydrogen (secondary N) is 1. The highest BCUT2D eigenvalue weighted by molar-refractivity contribution is 7.23. The Labute approximate surface area is 206 Å². The van der Waals surface area contributed by atoms with Gasteiger partial charge < -0.3 is 10.1 Å². The van der Waals surface area contributed by atoms with E-state index in [-0.39, 0.29) is 5.91 Å². The number of benzene rings is 2. The second kappa shape index (κ2) is 9.29. The van der Waals surface area contributed by atoms with Crippen molar-refractivity contribution in [1.29, 1.82) is 0 Å². The number of thiazole rings is 1. The summed E-state index contributed by atoms with van der Waals surface area (Å²) in [6.45, 7) is 6.29. The third-order valence-electron chi connectivity index (χ3n) is 6.12. The largest absolute Gasteiger partial charge is 0.465 e. The standard InChI is InChI=1S/C26H25N3O3S2/c1-15(2)29-13-12-18-21(14-29)34-25(22(18)24-27-19-6-4-5-7-20(19)33-24)28-23(30)16-8-10-17(11-9-16)26(31)32-3/h4-11,15H,12-14H2,1-3H3,(H,28,30). The van der Waals surface area contributed by atoms with Crippen molar-refractivity contribution in [2.45, 2.75) is 32.9 Å². The maximum Gasteiger partial charge on any atom is 0.337 e. The monoisotopic (exact) mass is 491 g/mol. The van der Waals surface area contributed by atoms with Gasteiger partial charge in [0.05, 0.1) is 22.9 Å². The Morgan fingerprint density at radius 2 is 1.79 bits per heavy atom. The van der Waals surface area contributed by atoms with Gasteiger partial charge >= 0.3 is 5.97 Å². The van der Waals surface area contributed by atoms with E-state index in [1.54, 1.807) is 46.9 Å². The number of rotatable bonds is 5. The topological polar surface area (TPSA) is 71.5 Å². The number of aromatic nitrogens is 1. The molecule has 4 aromatic rings. The SMILES string of the molecule is COC(=O)c1ccc(C(=O)Nc2sc3c(c2-c2nc4ccccc4s2)CCN(C(C)C)C3)cc1. The predicted molar refractivity (Wildman–Crippen MR) is 138 cm³/mol. The van der Waals surface area contributed by atoms with E-state index >= 15 is 0 Å². The fourth-order valence-electron chi connectivity index (χ4n) is 4.21. The van der Waals surface area contributed by atoms with Crippen LogP contribution in [0.15, 0.2) is 48.5 Å². The summed E-state index contributed by atoms with van der Waals surface area (Å²) in [6, 6.07) is 15.1.